The normalized spacial score (nSPS) is 17.4. The molecule has 2 rings (SSSR count). The molecule has 1 aliphatic rings. The number of carbonyl (C=O) groups excluding carboxylic acids is 1. The van der Waals surface area contributed by atoms with Crippen LogP contribution in [0.5, 0.6) is 0 Å². The van der Waals surface area contributed by atoms with Crippen LogP contribution in [0.1, 0.15) is 22.5 Å². The second-order valence-corrected chi connectivity index (χ2v) is 8.41. The molecule has 1 saturated heterocycles. The summed E-state index contributed by atoms with van der Waals surface area (Å²) in [7, 11) is -2.28. The molecule has 0 aliphatic carbocycles. The third-order valence-corrected chi connectivity index (χ3v) is 7.31. The van der Waals surface area contributed by atoms with Gasteiger partial charge in [-0.15, -0.1) is 11.3 Å². The van der Waals surface area contributed by atoms with Crippen molar-refractivity contribution in [3.05, 3.63) is 15.4 Å². The number of piperidine rings is 1. The van der Waals surface area contributed by atoms with Crippen LogP contribution >= 0.6 is 27.3 Å². The van der Waals surface area contributed by atoms with Gasteiger partial charge in [-0.2, -0.15) is 0 Å². The summed E-state index contributed by atoms with van der Waals surface area (Å²) >= 11 is 4.07. The van der Waals surface area contributed by atoms with E-state index in [0.717, 1.165) is 11.3 Å². The summed E-state index contributed by atoms with van der Waals surface area (Å²) in [6, 6.07) is 1.50. The lowest BCUT2D eigenvalue weighted by molar-refractivity contribution is 0.0672. The Hall–Kier alpha value is -0.510. The molecule has 1 aromatic rings. The molecular weight excluding hydrogens is 371 g/mol. The second kappa shape index (κ2) is 6.08. The van der Waals surface area contributed by atoms with Gasteiger partial charge in [0.1, 0.15) is 10.4 Å². The minimum absolute atomic E-state index is 0.0729. The highest BCUT2D eigenvalue weighted by Crippen LogP contribution is 2.32. The number of hydrogen-bond donors (Lipinski definition) is 1. The van der Waals surface area contributed by atoms with Gasteiger partial charge < -0.3 is 4.90 Å². The molecule has 20 heavy (non-hydrogen) atoms. The number of carbonyl (C=O) groups is 1. The molecule has 0 radical (unpaired) electrons. The van der Waals surface area contributed by atoms with E-state index >= 15 is 0 Å². The first-order valence-electron chi connectivity index (χ1n) is 6.01. The Kier molecular flexibility index (Phi) is 4.83. The molecule has 1 aromatic heterocycles. The molecule has 9 heteroatoms. The average molecular weight is 385 g/mol. The van der Waals surface area contributed by atoms with Crippen LogP contribution in [0.15, 0.2) is 14.7 Å². The first kappa shape index (κ1) is 15.9. The van der Waals surface area contributed by atoms with Gasteiger partial charge >= 0.3 is 0 Å². The summed E-state index contributed by atoms with van der Waals surface area (Å²) in [5.41, 5.74) is 0. The number of likely N-dealkylation sites (tertiary alicyclic amines) is 1. The van der Waals surface area contributed by atoms with Gasteiger partial charge in [0.15, 0.2) is 0 Å². The summed E-state index contributed by atoms with van der Waals surface area (Å²) in [5.74, 6) is -0.250. The van der Waals surface area contributed by atoms with Crippen LogP contribution < -0.4 is 4.72 Å². The third-order valence-electron chi connectivity index (χ3n) is 3.09. The van der Waals surface area contributed by atoms with E-state index in [9.17, 15) is 17.6 Å². The van der Waals surface area contributed by atoms with E-state index in [1.54, 1.807) is 4.90 Å². The average Bonchev–Trinajstić information content (AvgIpc) is 2.81. The van der Waals surface area contributed by atoms with Crippen molar-refractivity contribution in [3.63, 3.8) is 0 Å². The predicted octanol–water partition coefficient (Wildman–Crippen LogP) is 1.99. The van der Waals surface area contributed by atoms with E-state index in [2.05, 4.69) is 20.7 Å². The number of hydrogen-bond acceptors (Lipinski definition) is 4. The van der Waals surface area contributed by atoms with E-state index in [0.29, 0.717) is 35.3 Å². The fourth-order valence-electron chi connectivity index (χ4n) is 1.94. The molecule has 0 atom stereocenters. The fraction of sp³-hybridized carbons (Fsp3) is 0.545. The van der Waals surface area contributed by atoms with E-state index in [-0.39, 0.29) is 10.1 Å². The summed E-state index contributed by atoms with van der Waals surface area (Å²) in [6.45, 7) is 0.729. The van der Waals surface area contributed by atoms with Gasteiger partial charge in [0.05, 0.1) is 4.88 Å². The number of rotatable bonds is 3. The molecule has 1 fully saturated rings. The Morgan fingerprint density at radius 1 is 1.50 bits per heavy atom. The lowest BCUT2D eigenvalue weighted by Crippen LogP contribution is -2.38. The van der Waals surface area contributed by atoms with Crippen LogP contribution in [-0.2, 0) is 10.0 Å². The van der Waals surface area contributed by atoms with Gasteiger partial charge in [-0.3, -0.25) is 4.79 Å². The first-order valence-corrected chi connectivity index (χ1v) is 9.10. The van der Waals surface area contributed by atoms with E-state index in [1.165, 1.54) is 13.1 Å². The molecule has 0 spiro atoms. The smallest absolute Gasteiger partial charge is 0.264 e. The molecular formula is C11H14BrFN2O3S2. The number of amides is 1. The Morgan fingerprint density at radius 2 is 2.10 bits per heavy atom. The molecule has 5 nitrogen and oxygen atoms in total. The number of nitrogens with zero attached hydrogens (tertiary/aromatic N) is 1. The summed E-state index contributed by atoms with van der Waals surface area (Å²) in [4.78, 5) is 14.2. The van der Waals surface area contributed by atoms with Crippen molar-refractivity contribution >= 4 is 43.2 Å². The molecule has 0 unspecified atom stereocenters. The number of nitrogens with one attached hydrogen (secondary N) is 1. The zero-order chi connectivity index (χ0) is 14.9. The zero-order valence-electron chi connectivity index (χ0n) is 10.7. The molecule has 0 saturated carbocycles. The van der Waals surface area contributed by atoms with Crippen LogP contribution in [0, 0.1) is 0 Å². The van der Waals surface area contributed by atoms with E-state index < -0.39 is 16.2 Å². The lowest BCUT2D eigenvalue weighted by Gasteiger charge is -2.28. The Labute approximate surface area is 129 Å². The predicted molar refractivity (Wildman–Crippen MR) is 78.3 cm³/mol. The standard InChI is InChI=1S/C11H14BrFN2O3S2/c1-14-20(17,18)11-8(12)6-9(19-11)10(16)15-4-2-7(13)3-5-15/h6-7,14H,2-5H2,1H3. The molecule has 2 heterocycles. The maximum atomic E-state index is 13.1. The minimum atomic E-state index is -3.59. The van der Waals surface area contributed by atoms with Crippen molar-refractivity contribution in [3.8, 4) is 0 Å². The van der Waals surface area contributed by atoms with Crippen molar-refractivity contribution < 1.29 is 17.6 Å². The highest BCUT2D eigenvalue weighted by Gasteiger charge is 2.27. The SMILES string of the molecule is CNS(=O)(=O)c1sc(C(=O)N2CCC(F)CC2)cc1Br. The van der Waals surface area contributed by atoms with Gasteiger partial charge in [0, 0.05) is 17.6 Å². The largest absolute Gasteiger partial charge is 0.338 e. The third kappa shape index (κ3) is 3.21. The second-order valence-electron chi connectivity index (χ2n) is 4.42. The highest BCUT2D eigenvalue weighted by molar-refractivity contribution is 9.10. The zero-order valence-corrected chi connectivity index (χ0v) is 13.9. The number of sulfonamides is 1. The molecule has 112 valence electrons. The molecule has 0 bridgehead atoms. The summed E-state index contributed by atoms with van der Waals surface area (Å²) in [5, 5.41) is 0. The number of thiophene rings is 1. The minimum Gasteiger partial charge on any atom is -0.338 e. The van der Waals surface area contributed by atoms with Crippen molar-refractivity contribution in [1.29, 1.82) is 0 Å². The van der Waals surface area contributed by atoms with Gasteiger partial charge in [-0.1, -0.05) is 0 Å². The van der Waals surface area contributed by atoms with Crippen LogP contribution in [0.2, 0.25) is 0 Å². The Bertz CT molecular complexity index is 609. The van der Waals surface area contributed by atoms with Gasteiger partial charge in [-0.05, 0) is 41.9 Å². The maximum Gasteiger partial charge on any atom is 0.264 e. The van der Waals surface area contributed by atoms with Gasteiger partial charge in [0.25, 0.3) is 15.9 Å². The quantitative estimate of drug-likeness (QED) is 0.866. The van der Waals surface area contributed by atoms with Crippen molar-refractivity contribution in [2.24, 2.45) is 0 Å². The van der Waals surface area contributed by atoms with Gasteiger partial charge in [0.2, 0.25) is 0 Å². The maximum absolute atomic E-state index is 13.1. The van der Waals surface area contributed by atoms with Crippen LogP contribution in [0.25, 0.3) is 0 Å². The van der Waals surface area contributed by atoms with Gasteiger partial charge in [-0.25, -0.2) is 17.5 Å². The first-order chi connectivity index (χ1) is 9.35. The summed E-state index contributed by atoms with van der Waals surface area (Å²) in [6.07, 6.45) is -0.186. The molecule has 1 aliphatic heterocycles. The molecule has 1 N–H and O–H groups in total. The molecule has 0 aromatic carbocycles. The highest BCUT2D eigenvalue weighted by atomic mass is 79.9. The number of alkyl halides is 1. The lowest BCUT2D eigenvalue weighted by atomic mass is 10.1. The van der Waals surface area contributed by atoms with Crippen molar-refractivity contribution in [2.75, 3.05) is 20.1 Å². The monoisotopic (exact) mass is 384 g/mol. The Balaban J connectivity index is 2.22. The van der Waals surface area contributed by atoms with Crippen LogP contribution in [0.4, 0.5) is 4.39 Å². The molecule has 1 amide bonds. The number of halogens is 2. The van der Waals surface area contributed by atoms with Crippen molar-refractivity contribution in [2.45, 2.75) is 23.2 Å². The fourth-order valence-corrected chi connectivity index (χ4v) is 5.41. The Morgan fingerprint density at radius 3 is 2.65 bits per heavy atom. The van der Waals surface area contributed by atoms with Crippen molar-refractivity contribution in [1.82, 2.24) is 9.62 Å². The van der Waals surface area contributed by atoms with Crippen LogP contribution in [0.3, 0.4) is 0 Å². The van der Waals surface area contributed by atoms with Crippen LogP contribution in [-0.4, -0.2) is 45.5 Å². The topological polar surface area (TPSA) is 66.5 Å². The van der Waals surface area contributed by atoms with E-state index in [4.69, 9.17) is 0 Å². The van der Waals surface area contributed by atoms with E-state index in [1.807, 2.05) is 0 Å². The summed E-state index contributed by atoms with van der Waals surface area (Å²) < 4.78 is 39.3.